The van der Waals surface area contributed by atoms with Gasteiger partial charge in [0.2, 0.25) is 11.8 Å². The number of hydrogen-bond donors (Lipinski definition) is 0. The number of carbonyl (C=O) groups is 2. The standard InChI is InChI=1S/C21H30N2O2/c1-5-7-13-22(16(3)6-2)21(25)15-20-19-11-9-8-10-18(19)12-14-23(20)17(4)24/h8-12,14,16,20H,5-7,13,15H2,1-4H3. The second-order valence-electron chi connectivity index (χ2n) is 6.79. The highest BCUT2D eigenvalue weighted by molar-refractivity contribution is 5.82. The molecule has 2 atom stereocenters. The van der Waals surface area contributed by atoms with E-state index in [0.29, 0.717) is 6.42 Å². The van der Waals surface area contributed by atoms with Crippen molar-refractivity contribution in [2.45, 2.75) is 65.5 Å². The lowest BCUT2D eigenvalue weighted by Gasteiger charge is -2.35. The highest BCUT2D eigenvalue weighted by atomic mass is 16.2. The van der Waals surface area contributed by atoms with E-state index < -0.39 is 0 Å². The van der Waals surface area contributed by atoms with E-state index >= 15 is 0 Å². The Labute approximate surface area is 151 Å². The molecule has 1 aromatic carbocycles. The molecule has 0 radical (unpaired) electrons. The van der Waals surface area contributed by atoms with E-state index in [0.717, 1.165) is 36.9 Å². The third-order valence-electron chi connectivity index (χ3n) is 5.03. The van der Waals surface area contributed by atoms with Gasteiger partial charge in [0.1, 0.15) is 0 Å². The van der Waals surface area contributed by atoms with Crippen molar-refractivity contribution in [2.24, 2.45) is 0 Å². The first-order chi connectivity index (χ1) is 12.0. The van der Waals surface area contributed by atoms with Crippen molar-refractivity contribution < 1.29 is 9.59 Å². The third kappa shape index (κ3) is 4.50. The molecule has 1 heterocycles. The summed E-state index contributed by atoms with van der Waals surface area (Å²) in [5, 5.41) is 0. The van der Waals surface area contributed by atoms with Crippen molar-refractivity contribution in [3.05, 3.63) is 41.6 Å². The van der Waals surface area contributed by atoms with Gasteiger partial charge < -0.3 is 9.80 Å². The summed E-state index contributed by atoms with van der Waals surface area (Å²) in [6.45, 7) is 8.69. The largest absolute Gasteiger partial charge is 0.340 e. The summed E-state index contributed by atoms with van der Waals surface area (Å²) in [6.07, 6.45) is 7.09. The molecule has 1 aliphatic rings. The first kappa shape index (κ1) is 19.2. The molecule has 0 saturated heterocycles. The number of benzene rings is 1. The molecule has 0 fully saturated rings. The van der Waals surface area contributed by atoms with Gasteiger partial charge >= 0.3 is 0 Å². The molecule has 136 valence electrons. The lowest BCUT2D eigenvalue weighted by molar-refractivity contribution is -0.136. The van der Waals surface area contributed by atoms with Crippen molar-refractivity contribution in [3.63, 3.8) is 0 Å². The minimum atomic E-state index is -0.223. The second-order valence-corrected chi connectivity index (χ2v) is 6.79. The van der Waals surface area contributed by atoms with E-state index in [1.165, 1.54) is 0 Å². The van der Waals surface area contributed by atoms with Crippen LogP contribution in [0.15, 0.2) is 30.5 Å². The van der Waals surface area contributed by atoms with Crippen molar-refractivity contribution in [2.75, 3.05) is 6.54 Å². The average molecular weight is 342 g/mol. The lowest BCUT2D eigenvalue weighted by Crippen LogP contribution is -2.42. The second kappa shape index (κ2) is 8.84. The molecule has 0 saturated carbocycles. The summed E-state index contributed by atoms with van der Waals surface area (Å²) < 4.78 is 0. The summed E-state index contributed by atoms with van der Waals surface area (Å²) in [5.74, 6) is 0.0938. The fourth-order valence-electron chi connectivity index (χ4n) is 3.34. The quantitative estimate of drug-likeness (QED) is 0.738. The highest BCUT2D eigenvalue weighted by Gasteiger charge is 2.30. The molecular formula is C21H30N2O2. The molecule has 0 spiro atoms. The minimum Gasteiger partial charge on any atom is -0.340 e. The van der Waals surface area contributed by atoms with Gasteiger partial charge in [0.05, 0.1) is 12.5 Å². The van der Waals surface area contributed by atoms with Crippen molar-refractivity contribution in [1.29, 1.82) is 0 Å². The lowest BCUT2D eigenvalue weighted by atomic mass is 9.93. The van der Waals surface area contributed by atoms with Crippen LogP contribution in [0.4, 0.5) is 0 Å². The van der Waals surface area contributed by atoms with Gasteiger partial charge in [-0.05, 0) is 37.0 Å². The van der Waals surface area contributed by atoms with Gasteiger partial charge in [0.15, 0.2) is 0 Å². The number of carbonyl (C=O) groups excluding carboxylic acids is 2. The zero-order valence-electron chi connectivity index (χ0n) is 15.9. The normalized spacial score (nSPS) is 17.1. The zero-order valence-corrected chi connectivity index (χ0v) is 15.9. The average Bonchev–Trinajstić information content (AvgIpc) is 2.61. The maximum absolute atomic E-state index is 13.1. The smallest absolute Gasteiger partial charge is 0.225 e. The van der Waals surface area contributed by atoms with Gasteiger partial charge in [0, 0.05) is 25.7 Å². The maximum Gasteiger partial charge on any atom is 0.225 e. The molecule has 1 aliphatic heterocycles. The molecule has 0 N–H and O–H groups in total. The molecule has 4 nitrogen and oxygen atoms in total. The summed E-state index contributed by atoms with van der Waals surface area (Å²) in [7, 11) is 0. The Morgan fingerprint density at radius 1 is 1.24 bits per heavy atom. The van der Waals surface area contributed by atoms with Crippen LogP contribution in [-0.2, 0) is 9.59 Å². The number of fused-ring (bicyclic) bond motifs is 1. The van der Waals surface area contributed by atoms with Gasteiger partial charge in [-0.2, -0.15) is 0 Å². The topological polar surface area (TPSA) is 40.6 Å². The van der Waals surface area contributed by atoms with E-state index in [-0.39, 0.29) is 23.9 Å². The Balaban J connectivity index is 2.25. The van der Waals surface area contributed by atoms with Crippen LogP contribution in [0.5, 0.6) is 0 Å². The van der Waals surface area contributed by atoms with Crippen LogP contribution in [0.3, 0.4) is 0 Å². The number of nitrogens with zero attached hydrogens (tertiary/aromatic N) is 2. The third-order valence-corrected chi connectivity index (χ3v) is 5.03. The van der Waals surface area contributed by atoms with Crippen LogP contribution in [0.25, 0.3) is 6.08 Å². The summed E-state index contributed by atoms with van der Waals surface area (Å²) >= 11 is 0. The first-order valence-electron chi connectivity index (χ1n) is 9.35. The zero-order chi connectivity index (χ0) is 18.4. The van der Waals surface area contributed by atoms with E-state index in [9.17, 15) is 9.59 Å². The van der Waals surface area contributed by atoms with Crippen LogP contribution in [0.2, 0.25) is 0 Å². The van der Waals surface area contributed by atoms with Crippen LogP contribution in [-0.4, -0.2) is 34.2 Å². The van der Waals surface area contributed by atoms with Gasteiger partial charge in [-0.15, -0.1) is 0 Å². The maximum atomic E-state index is 13.1. The van der Waals surface area contributed by atoms with E-state index in [2.05, 4.69) is 20.8 Å². The Morgan fingerprint density at radius 3 is 2.60 bits per heavy atom. The van der Waals surface area contributed by atoms with Gasteiger partial charge in [-0.3, -0.25) is 9.59 Å². The molecule has 4 heteroatoms. The Hall–Kier alpha value is -2.10. The van der Waals surface area contributed by atoms with E-state index in [4.69, 9.17) is 0 Å². The van der Waals surface area contributed by atoms with Gasteiger partial charge in [0.25, 0.3) is 0 Å². The van der Waals surface area contributed by atoms with Crippen LogP contribution < -0.4 is 0 Å². The van der Waals surface area contributed by atoms with Gasteiger partial charge in [-0.25, -0.2) is 0 Å². The van der Waals surface area contributed by atoms with Gasteiger partial charge in [-0.1, -0.05) is 44.5 Å². The Kier molecular flexibility index (Phi) is 6.80. The van der Waals surface area contributed by atoms with E-state index in [1.807, 2.05) is 41.4 Å². The summed E-state index contributed by atoms with van der Waals surface area (Å²) in [5.41, 5.74) is 2.13. The number of unbranched alkanes of at least 4 members (excludes halogenated alkanes) is 1. The van der Waals surface area contributed by atoms with E-state index in [1.54, 1.807) is 11.8 Å². The van der Waals surface area contributed by atoms with Crippen LogP contribution >= 0.6 is 0 Å². The minimum absolute atomic E-state index is 0.0350. The Bertz CT molecular complexity index is 639. The summed E-state index contributed by atoms with van der Waals surface area (Å²) in [4.78, 5) is 28.8. The molecule has 0 aromatic heterocycles. The number of hydrogen-bond acceptors (Lipinski definition) is 2. The first-order valence-corrected chi connectivity index (χ1v) is 9.35. The molecule has 2 rings (SSSR count). The highest BCUT2D eigenvalue weighted by Crippen LogP contribution is 2.33. The SMILES string of the molecule is CCCCN(C(=O)CC1c2ccccc2C=CN1C(C)=O)C(C)CC. The van der Waals surface area contributed by atoms with Crippen LogP contribution in [0.1, 0.15) is 70.5 Å². The van der Waals surface area contributed by atoms with Crippen molar-refractivity contribution in [1.82, 2.24) is 9.80 Å². The molecule has 1 aromatic rings. The fraction of sp³-hybridized carbons (Fsp3) is 0.524. The van der Waals surface area contributed by atoms with Crippen molar-refractivity contribution >= 4 is 17.9 Å². The molecule has 0 aliphatic carbocycles. The monoisotopic (exact) mass is 342 g/mol. The molecule has 0 bridgehead atoms. The molecular weight excluding hydrogens is 312 g/mol. The summed E-state index contributed by atoms with van der Waals surface area (Å²) in [6, 6.07) is 8.00. The Morgan fingerprint density at radius 2 is 1.96 bits per heavy atom. The van der Waals surface area contributed by atoms with Crippen molar-refractivity contribution in [3.8, 4) is 0 Å². The fourth-order valence-corrected chi connectivity index (χ4v) is 3.34. The number of amides is 2. The number of rotatable bonds is 7. The predicted octanol–water partition coefficient (Wildman–Crippen LogP) is 4.38. The predicted molar refractivity (Wildman–Crippen MR) is 102 cm³/mol. The molecule has 25 heavy (non-hydrogen) atoms. The molecule has 2 amide bonds. The molecule has 2 unspecified atom stereocenters. The van der Waals surface area contributed by atoms with Crippen LogP contribution in [0, 0.1) is 0 Å².